The van der Waals surface area contributed by atoms with Crippen molar-refractivity contribution >= 4 is 41.8 Å². The van der Waals surface area contributed by atoms with Crippen molar-refractivity contribution in [2.75, 3.05) is 80.2 Å². The van der Waals surface area contributed by atoms with Crippen LogP contribution in [0.15, 0.2) is 4.99 Å². The second-order valence-corrected chi connectivity index (χ2v) is 7.58. The molecule has 2 heterocycles. The van der Waals surface area contributed by atoms with Gasteiger partial charge >= 0.3 is 0 Å². The molecule has 2 rings (SSSR count). The Morgan fingerprint density at radius 1 is 1.07 bits per heavy atom. The molecule has 0 aliphatic carbocycles. The molecule has 2 saturated heterocycles. The minimum Gasteiger partial charge on any atom is -0.383 e. The first-order valence-electron chi connectivity index (χ1n) is 10.2. The van der Waals surface area contributed by atoms with E-state index in [9.17, 15) is 9.59 Å². The van der Waals surface area contributed by atoms with Crippen LogP contribution < -0.4 is 5.32 Å². The van der Waals surface area contributed by atoms with Gasteiger partial charge in [-0.05, 0) is 19.8 Å². The standard InChI is InChI=1S/C19H36N6O3.HI/c1-16(18(27)24-8-5-6-9-24)23-10-12-25(13-11-23)19(20-7-14-28-4)21-15-17(26)22(2)3;/h16H,5-15H2,1-4H3,(H,20,21);1H. The lowest BCUT2D eigenvalue weighted by Crippen LogP contribution is -2.57. The molecule has 1 N–H and O–H groups in total. The molecule has 168 valence electrons. The van der Waals surface area contributed by atoms with Gasteiger partial charge in [0.1, 0.15) is 6.54 Å². The molecule has 0 saturated carbocycles. The van der Waals surface area contributed by atoms with Crippen LogP contribution in [0.4, 0.5) is 0 Å². The number of ether oxygens (including phenoxy) is 1. The number of nitrogens with one attached hydrogen (secondary N) is 1. The lowest BCUT2D eigenvalue weighted by molar-refractivity contribution is -0.135. The summed E-state index contributed by atoms with van der Waals surface area (Å²) in [6.07, 6.45) is 2.23. The van der Waals surface area contributed by atoms with Crippen LogP contribution in [0, 0.1) is 0 Å². The molecule has 0 radical (unpaired) electrons. The first-order chi connectivity index (χ1) is 13.4. The quantitative estimate of drug-likeness (QED) is 0.217. The number of amides is 2. The lowest BCUT2D eigenvalue weighted by Gasteiger charge is -2.39. The highest BCUT2D eigenvalue weighted by molar-refractivity contribution is 14.0. The van der Waals surface area contributed by atoms with Crippen molar-refractivity contribution in [2.45, 2.75) is 25.8 Å². The molecule has 2 aliphatic heterocycles. The first kappa shape index (κ1) is 25.9. The number of likely N-dealkylation sites (N-methyl/N-ethyl adjacent to an activating group) is 1. The minimum absolute atomic E-state index is 0. The van der Waals surface area contributed by atoms with E-state index in [1.165, 1.54) is 0 Å². The Labute approximate surface area is 191 Å². The highest BCUT2D eigenvalue weighted by Crippen LogP contribution is 2.14. The zero-order valence-electron chi connectivity index (χ0n) is 18.2. The van der Waals surface area contributed by atoms with Crippen LogP contribution in [0.5, 0.6) is 0 Å². The molecule has 0 aromatic heterocycles. The number of hydrogen-bond acceptors (Lipinski definition) is 5. The summed E-state index contributed by atoms with van der Waals surface area (Å²) in [5, 5.41) is 3.28. The fraction of sp³-hybridized carbons (Fsp3) is 0.842. The Balaban J connectivity index is 0.00000420. The van der Waals surface area contributed by atoms with Crippen molar-refractivity contribution in [1.29, 1.82) is 0 Å². The van der Waals surface area contributed by atoms with Crippen LogP contribution >= 0.6 is 24.0 Å². The predicted molar refractivity (Wildman–Crippen MR) is 125 cm³/mol. The average molecular weight is 524 g/mol. The molecule has 9 nitrogen and oxygen atoms in total. The number of halogens is 1. The van der Waals surface area contributed by atoms with Crippen LogP contribution in [0.3, 0.4) is 0 Å². The van der Waals surface area contributed by atoms with E-state index in [0.717, 1.165) is 58.1 Å². The third-order valence-electron chi connectivity index (χ3n) is 5.39. The maximum absolute atomic E-state index is 12.7. The minimum atomic E-state index is -0.0857. The summed E-state index contributed by atoms with van der Waals surface area (Å²) in [7, 11) is 5.12. The zero-order chi connectivity index (χ0) is 20.5. The SMILES string of the molecule is COCCNC(=NCC(=O)N(C)C)N1CCN(C(C)C(=O)N2CCCC2)CC1.I. The van der Waals surface area contributed by atoms with Gasteiger partial charge in [0.05, 0.1) is 12.6 Å². The molecule has 1 atom stereocenters. The molecule has 29 heavy (non-hydrogen) atoms. The number of nitrogens with zero attached hydrogens (tertiary/aromatic N) is 5. The largest absolute Gasteiger partial charge is 0.383 e. The fourth-order valence-corrected chi connectivity index (χ4v) is 3.50. The van der Waals surface area contributed by atoms with Gasteiger partial charge in [-0.15, -0.1) is 24.0 Å². The number of carbonyl (C=O) groups excluding carboxylic acids is 2. The number of aliphatic imine (C=N–C) groups is 1. The van der Waals surface area contributed by atoms with E-state index in [0.29, 0.717) is 13.2 Å². The Morgan fingerprint density at radius 2 is 1.69 bits per heavy atom. The van der Waals surface area contributed by atoms with Crippen molar-refractivity contribution in [3.8, 4) is 0 Å². The Morgan fingerprint density at radius 3 is 2.24 bits per heavy atom. The summed E-state index contributed by atoms with van der Waals surface area (Å²) < 4.78 is 5.11. The molecule has 0 spiro atoms. The number of guanidine groups is 1. The number of piperazine rings is 1. The number of likely N-dealkylation sites (tertiary alicyclic amines) is 1. The Bertz CT molecular complexity index is 546. The molecule has 0 aromatic carbocycles. The summed E-state index contributed by atoms with van der Waals surface area (Å²) in [6, 6.07) is -0.0857. The highest BCUT2D eigenvalue weighted by Gasteiger charge is 2.30. The zero-order valence-corrected chi connectivity index (χ0v) is 20.6. The molecule has 2 aliphatic rings. The van der Waals surface area contributed by atoms with E-state index >= 15 is 0 Å². The van der Waals surface area contributed by atoms with E-state index in [-0.39, 0.29) is 48.4 Å². The van der Waals surface area contributed by atoms with Crippen LogP contribution in [0.1, 0.15) is 19.8 Å². The van der Waals surface area contributed by atoms with Gasteiger partial charge in [0.15, 0.2) is 5.96 Å². The normalized spacial score (nSPS) is 19.0. The van der Waals surface area contributed by atoms with Gasteiger partial charge in [-0.3, -0.25) is 14.5 Å². The van der Waals surface area contributed by atoms with Gasteiger partial charge < -0.3 is 24.8 Å². The van der Waals surface area contributed by atoms with Crippen molar-refractivity contribution in [3.05, 3.63) is 0 Å². The predicted octanol–water partition coefficient (Wildman–Crippen LogP) is -0.0869. The van der Waals surface area contributed by atoms with E-state index in [1.807, 2.05) is 11.8 Å². The van der Waals surface area contributed by atoms with Crippen LogP contribution in [0.25, 0.3) is 0 Å². The number of carbonyl (C=O) groups is 2. The van der Waals surface area contributed by atoms with E-state index < -0.39 is 0 Å². The first-order valence-corrected chi connectivity index (χ1v) is 10.2. The molecule has 2 fully saturated rings. The summed E-state index contributed by atoms with van der Waals surface area (Å²) in [6.45, 7) is 8.26. The maximum Gasteiger partial charge on any atom is 0.243 e. The van der Waals surface area contributed by atoms with Crippen molar-refractivity contribution in [3.63, 3.8) is 0 Å². The Hall–Kier alpha value is -1.14. The third-order valence-corrected chi connectivity index (χ3v) is 5.39. The fourth-order valence-electron chi connectivity index (χ4n) is 3.50. The van der Waals surface area contributed by atoms with E-state index in [2.05, 4.69) is 20.1 Å². The van der Waals surface area contributed by atoms with Gasteiger partial charge in [0.2, 0.25) is 11.8 Å². The van der Waals surface area contributed by atoms with E-state index in [1.54, 1.807) is 26.1 Å². The second-order valence-electron chi connectivity index (χ2n) is 7.58. The summed E-state index contributed by atoms with van der Waals surface area (Å²) in [5.74, 6) is 0.939. The van der Waals surface area contributed by atoms with Gasteiger partial charge in [-0.25, -0.2) is 4.99 Å². The van der Waals surface area contributed by atoms with Crippen LogP contribution in [0.2, 0.25) is 0 Å². The molecule has 2 amide bonds. The van der Waals surface area contributed by atoms with Gasteiger partial charge in [0.25, 0.3) is 0 Å². The molecule has 0 bridgehead atoms. The van der Waals surface area contributed by atoms with E-state index in [4.69, 9.17) is 4.74 Å². The van der Waals surface area contributed by atoms with Gasteiger partial charge in [0, 0.05) is 67.0 Å². The van der Waals surface area contributed by atoms with Crippen LogP contribution in [-0.2, 0) is 14.3 Å². The molecule has 1 unspecified atom stereocenters. The summed E-state index contributed by atoms with van der Waals surface area (Å²) >= 11 is 0. The smallest absolute Gasteiger partial charge is 0.243 e. The molecular weight excluding hydrogens is 487 g/mol. The third kappa shape index (κ3) is 7.89. The van der Waals surface area contributed by atoms with Crippen molar-refractivity contribution in [1.82, 2.24) is 24.9 Å². The summed E-state index contributed by atoms with van der Waals surface area (Å²) in [5.41, 5.74) is 0. The highest BCUT2D eigenvalue weighted by atomic mass is 127. The van der Waals surface area contributed by atoms with Crippen molar-refractivity contribution < 1.29 is 14.3 Å². The number of hydrogen-bond donors (Lipinski definition) is 1. The van der Waals surface area contributed by atoms with Crippen molar-refractivity contribution in [2.24, 2.45) is 4.99 Å². The topological polar surface area (TPSA) is 80.7 Å². The van der Waals surface area contributed by atoms with Crippen LogP contribution in [-0.4, -0.2) is 124 Å². The molecule has 0 aromatic rings. The average Bonchev–Trinajstić information content (AvgIpc) is 3.24. The van der Waals surface area contributed by atoms with Gasteiger partial charge in [-0.1, -0.05) is 0 Å². The number of rotatable bonds is 7. The van der Waals surface area contributed by atoms with Gasteiger partial charge in [-0.2, -0.15) is 0 Å². The second kappa shape index (κ2) is 13.2. The molecular formula is C19H37IN6O3. The summed E-state index contributed by atoms with van der Waals surface area (Å²) in [4.78, 5) is 37.0. The lowest BCUT2D eigenvalue weighted by atomic mass is 10.2. The molecule has 10 heteroatoms. The maximum atomic E-state index is 12.7. The number of methoxy groups -OCH3 is 1. The monoisotopic (exact) mass is 524 g/mol. The Kier molecular flexibility index (Phi) is 11.8.